The SMILES string of the molecule is O=C(NI)C(CCc1c2ccccc2nc2ccccc12)NI. The van der Waals surface area contributed by atoms with Crippen LogP contribution in [0.5, 0.6) is 0 Å². The highest BCUT2D eigenvalue weighted by Gasteiger charge is 2.17. The molecule has 2 aromatic carbocycles. The number of hydrogen-bond acceptors (Lipinski definition) is 3. The summed E-state index contributed by atoms with van der Waals surface area (Å²) in [5.74, 6) is 0.00247. The topological polar surface area (TPSA) is 54.0 Å². The molecule has 0 spiro atoms. The third kappa shape index (κ3) is 3.58. The lowest BCUT2D eigenvalue weighted by molar-refractivity contribution is -0.120. The molecule has 2 N–H and O–H groups in total. The summed E-state index contributed by atoms with van der Waals surface area (Å²) < 4.78 is 5.73. The molecule has 1 aromatic heterocycles. The Bertz CT molecular complexity index is 799. The maximum atomic E-state index is 11.9. The van der Waals surface area contributed by atoms with Crippen LogP contribution in [0, 0.1) is 0 Å². The Balaban J connectivity index is 2.05. The first-order valence-electron chi connectivity index (χ1n) is 7.27. The fourth-order valence-corrected chi connectivity index (χ4v) is 3.76. The van der Waals surface area contributed by atoms with Crippen molar-refractivity contribution >= 4 is 73.4 Å². The molecule has 118 valence electrons. The Labute approximate surface area is 162 Å². The van der Waals surface area contributed by atoms with E-state index in [0.29, 0.717) is 0 Å². The summed E-state index contributed by atoms with van der Waals surface area (Å²) >= 11 is 3.92. The van der Waals surface area contributed by atoms with Gasteiger partial charge in [-0.3, -0.25) is 8.32 Å². The molecule has 23 heavy (non-hydrogen) atoms. The van der Waals surface area contributed by atoms with Gasteiger partial charge in [0.2, 0.25) is 5.91 Å². The van der Waals surface area contributed by atoms with Crippen molar-refractivity contribution in [2.24, 2.45) is 0 Å². The van der Waals surface area contributed by atoms with Crippen LogP contribution in [-0.2, 0) is 11.2 Å². The van der Waals surface area contributed by atoms with E-state index in [2.05, 4.69) is 19.2 Å². The van der Waals surface area contributed by atoms with E-state index in [-0.39, 0.29) is 11.9 Å². The van der Waals surface area contributed by atoms with Gasteiger partial charge in [-0.2, -0.15) is 0 Å². The molecule has 0 aliphatic rings. The van der Waals surface area contributed by atoms with Crippen LogP contribution in [0.15, 0.2) is 48.5 Å². The quantitative estimate of drug-likeness (QED) is 0.297. The number of amides is 1. The minimum Gasteiger partial charge on any atom is -0.297 e. The lowest BCUT2D eigenvalue weighted by Gasteiger charge is -2.15. The van der Waals surface area contributed by atoms with Crippen LogP contribution in [-0.4, -0.2) is 16.9 Å². The van der Waals surface area contributed by atoms with Gasteiger partial charge in [-0.05, 0) is 30.5 Å². The van der Waals surface area contributed by atoms with Gasteiger partial charge in [-0.15, -0.1) is 0 Å². The molecule has 1 atom stereocenters. The monoisotopic (exact) mass is 531 g/mol. The first-order chi connectivity index (χ1) is 11.2. The normalized spacial score (nSPS) is 12.4. The second-order valence-corrected chi connectivity index (χ2v) is 6.45. The van der Waals surface area contributed by atoms with Crippen LogP contribution >= 0.6 is 45.7 Å². The Morgan fingerprint density at radius 1 is 1.00 bits per heavy atom. The van der Waals surface area contributed by atoms with Crippen molar-refractivity contribution in [1.29, 1.82) is 0 Å². The number of fused-ring (bicyclic) bond motifs is 2. The Morgan fingerprint density at radius 3 is 2.09 bits per heavy atom. The number of nitrogens with one attached hydrogen (secondary N) is 2. The molecule has 0 radical (unpaired) electrons. The Morgan fingerprint density at radius 2 is 1.57 bits per heavy atom. The van der Waals surface area contributed by atoms with Crippen LogP contribution in [0.4, 0.5) is 0 Å². The number of carbonyl (C=O) groups excluding carboxylic acids is 1. The molecule has 0 saturated heterocycles. The second kappa shape index (κ2) is 7.71. The van der Waals surface area contributed by atoms with Crippen LogP contribution in [0.25, 0.3) is 21.8 Å². The molecule has 1 amide bonds. The number of pyridine rings is 1. The fraction of sp³-hybridized carbons (Fsp3) is 0.176. The van der Waals surface area contributed by atoms with Gasteiger partial charge in [0.05, 0.1) is 39.9 Å². The molecule has 0 aliphatic heterocycles. The highest BCUT2D eigenvalue weighted by molar-refractivity contribution is 14.1. The summed E-state index contributed by atoms with van der Waals surface area (Å²) in [5, 5.41) is 2.32. The average Bonchev–Trinajstić information content (AvgIpc) is 2.61. The minimum atomic E-state index is -0.210. The van der Waals surface area contributed by atoms with Crippen molar-refractivity contribution < 1.29 is 4.79 Å². The van der Waals surface area contributed by atoms with Crippen molar-refractivity contribution in [2.75, 3.05) is 0 Å². The van der Waals surface area contributed by atoms with Crippen molar-refractivity contribution in [3.05, 3.63) is 54.1 Å². The van der Waals surface area contributed by atoms with E-state index in [0.717, 1.165) is 34.6 Å². The van der Waals surface area contributed by atoms with Crippen molar-refractivity contribution in [2.45, 2.75) is 18.9 Å². The molecule has 1 heterocycles. The largest absolute Gasteiger partial charge is 0.297 e. The summed E-state index contributed by atoms with van der Waals surface area (Å²) in [6.45, 7) is 0. The number of para-hydroxylation sites is 2. The van der Waals surface area contributed by atoms with E-state index in [1.165, 1.54) is 5.56 Å². The van der Waals surface area contributed by atoms with Crippen molar-refractivity contribution in [3.8, 4) is 0 Å². The second-order valence-electron chi connectivity index (χ2n) is 5.28. The standard InChI is InChI=1S/C17H15I2N3O/c18-21-16(17(23)22-19)10-9-11-12-5-1-3-7-14(12)20-15-8-4-2-6-13(11)15/h1-8,16,21H,9-10H2,(H,22,23). The number of aromatic nitrogens is 1. The van der Waals surface area contributed by atoms with Gasteiger partial charge in [0.1, 0.15) is 0 Å². The highest BCUT2D eigenvalue weighted by atomic mass is 127. The first kappa shape index (κ1) is 16.8. The summed E-state index contributed by atoms with van der Waals surface area (Å²) in [5.41, 5.74) is 3.25. The maximum Gasteiger partial charge on any atom is 0.246 e. The van der Waals surface area contributed by atoms with E-state index in [9.17, 15) is 4.79 Å². The molecule has 0 saturated carbocycles. The minimum absolute atomic E-state index is 0.00247. The van der Waals surface area contributed by atoms with Gasteiger partial charge >= 0.3 is 0 Å². The van der Waals surface area contributed by atoms with Crippen LogP contribution in [0.2, 0.25) is 0 Å². The van der Waals surface area contributed by atoms with Crippen molar-refractivity contribution in [1.82, 2.24) is 12.0 Å². The predicted molar refractivity (Wildman–Crippen MR) is 111 cm³/mol. The fourth-order valence-electron chi connectivity index (χ4n) is 2.79. The molecular formula is C17H15I2N3O. The van der Waals surface area contributed by atoms with Gasteiger partial charge in [0.15, 0.2) is 0 Å². The third-order valence-corrected chi connectivity index (χ3v) is 5.21. The lowest BCUT2D eigenvalue weighted by Crippen LogP contribution is -2.36. The van der Waals surface area contributed by atoms with Gasteiger partial charge in [-0.1, -0.05) is 36.4 Å². The molecular weight excluding hydrogens is 516 g/mol. The summed E-state index contributed by atoms with van der Waals surface area (Å²) in [6.07, 6.45) is 1.55. The molecule has 3 aromatic rings. The van der Waals surface area contributed by atoms with E-state index in [1.54, 1.807) is 0 Å². The zero-order valence-corrected chi connectivity index (χ0v) is 16.5. The summed E-state index contributed by atoms with van der Waals surface area (Å²) in [4.78, 5) is 16.6. The summed E-state index contributed by atoms with van der Waals surface area (Å²) in [6, 6.07) is 16.2. The highest BCUT2D eigenvalue weighted by Crippen LogP contribution is 2.27. The van der Waals surface area contributed by atoms with E-state index < -0.39 is 0 Å². The summed E-state index contributed by atoms with van der Waals surface area (Å²) in [7, 11) is 0. The molecule has 4 nitrogen and oxygen atoms in total. The Kier molecular flexibility index (Phi) is 5.65. The molecule has 6 heteroatoms. The number of carbonyl (C=O) groups is 1. The zero-order valence-electron chi connectivity index (χ0n) is 12.2. The van der Waals surface area contributed by atoms with Gasteiger partial charge in [0, 0.05) is 33.6 Å². The van der Waals surface area contributed by atoms with E-state index in [4.69, 9.17) is 4.98 Å². The number of hydrogen-bond donors (Lipinski definition) is 2. The lowest BCUT2D eigenvalue weighted by atomic mass is 9.97. The van der Waals surface area contributed by atoms with Crippen LogP contribution < -0.4 is 7.06 Å². The molecule has 0 aliphatic carbocycles. The maximum absolute atomic E-state index is 11.9. The Hall–Kier alpha value is -1.000. The first-order valence-corrected chi connectivity index (χ1v) is 9.43. The molecule has 0 fully saturated rings. The number of nitrogens with zero attached hydrogens (tertiary/aromatic N) is 1. The smallest absolute Gasteiger partial charge is 0.246 e. The van der Waals surface area contributed by atoms with Crippen molar-refractivity contribution in [3.63, 3.8) is 0 Å². The van der Waals surface area contributed by atoms with Crippen LogP contribution in [0.3, 0.4) is 0 Å². The molecule has 3 rings (SSSR count). The molecule has 0 bridgehead atoms. The number of rotatable bonds is 5. The van der Waals surface area contributed by atoms with Crippen LogP contribution in [0.1, 0.15) is 12.0 Å². The van der Waals surface area contributed by atoms with E-state index >= 15 is 0 Å². The third-order valence-electron chi connectivity index (χ3n) is 3.92. The zero-order chi connectivity index (χ0) is 16.2. The average molecular weight is 531 g/mol. The predicted octanol–water partition coefficient (Wildman–Crippen LogP) is 4.10. The number of aryl methyl sites for hydroxylation is 1. The number of halogens is 2. The van der Waals surface area contributed by atoms with Gasteiger partial charge in [0.25, 0.3) is 0 Å². The van der Waals surface area contributed by atoms with E-state index in [1.807, 2.05) is 82.1 Å². The number of benzene rings is 2. The molecule has 1 unspecified atom stereocenters. The van der Waals surface area contributed by atoms with Gasteiger partial charge < -0.3 is 0 Å². The van der Waals surface area contributed by atoms with Gasteiger partial charge in [-0.25, -0.2) is 8.51 Å².